The van der Waals surface area contributed by atoms with E-state index in [0.29, 0.717) is 19.2 Å². The molecule has 1 aromatic heterocycles. The topological polar surface area (TPSA) is 42.4 Å². The molecule has 1 saturated carbocycles. The molecular weight excluding hydrogens is 236 g/mol. The van der Waals surface area contributed by atoms with Gasteiger partial charge in [-0.3, -0.25) is 9.69 Å². The summed E-state index contributed by atoms with van der Waals surface area (Å²) in [5.41, 5.74) is 1.05. The van der Waals surface area contributed by atoms with Gasteiger partial charge in [0.25, 0.3) is 0 Å². The van der Waals surface area contributed by atoms with Crippen LogP contribution in [0, 0.1) is 6.92 Å². The Labute approximate surface area is 106 Å². The van der Waals surface area contributed by atoms with Gasteiger partial charge in [0.05, 0.1) is 19.7 Å². The number of carbonyl (C=O) groups is 1. The van der Waals surface area contributed by atoms with Crippen LogP contribution in [-0.2, 0) is 16.1 Å². The van der Waals surface area contributed by atoms with Crippen molar-refractivity contribution < 1.29 is 9.53 Å². The van der Waals surface area contributed by atoms with E-state index in [1.54, 1.807) is 11.3 Å². The van der Waals surface area contributed by atoms with Crippen LogP contribution in [0.5, 0.6) is 0 Å². The number of hydrogen-bond acceptors (Lipinski definition) is 5. The summed E-state index contributed by atoms with van der Waals surface area (Å²) in [6, 6.07) is 0.545. The first kappa shape index (κ1) is 12.5. The van der Waals surface area contributed by atoms with Crippen molar-refractivity contribution >= 4 is 17.3 Å². The molecule has 1 aliphatic carbocycles. The van der Waals surface area contributed by atoms with Crippen molar-refractivity contribution in [2.24, 2.45) is 0 Å². The third-order valence-electron chi connectivity index (χ3n) is 2.71. The van der Waals surface area contributed by atoms with Crippen molar-refractivity contribution in [2.45, 2.75) is 39.3 Å². The largest absolute Gasteiger partial charge is 0.465 e. The van der Waals surface area contributed by atoms with Crippen LogP contribution in [0.15, 0.2) is 5.38 Å². The lowest BCUT2D eigenvalue weighted by atomic mass is 10.4. The molecule has 0 radical (unpaired) electrons. The van der Waals surface area contributed by atoms with Gasteiger partial charge in [0.15, 0.2) is 0 Å². The average Bonchev–Trinajstić information content (AvgIpc) is 3.03. The number of esters is 1. The molecule has 0 amide bonds. The van der Waals surface area contributed by atoms with Gasteiger partial charge in [-0.15, -0.1) is 11.3 Å². The molecule has 94 valence electrons. The van der Waals surface area contributed by atoms with E-state index in [0.717, 1.165) is 17.2 Å². The van der Waals surface area contributed by atoms with Crippen LogP contribution in [0.1, 0.15) is 30.5 Å². The van der Waals surface area contributed by atoms with Crippen LogP contribution < -0.4 is 0 Å². The molecule has 0 saturated heterocycles. The molecule has 4 nitrogen and oxygen atoms in total. The van der Waals surface area contributed by atoms with Crippen molar-refractivity contribution in [3.63, 3.8) is 0 Å². The van der Waals surface area contributed by atoms with E-state index in [9.17, 15) is 4.79 Å². The van der Waals surface area contributed by atoms with E-state index < -0.39 is 0 Å². The highest BCUT2D eigenvalue weighted by Crippen LogP contribution is 2.28. The Morgan fingerprint density at radius 3 is 2.94 bits per heavy atom. The van der Waals surface area contributed by atoms with E-state index in [1.165, 1.54) is 12.8 Å². The van der Waals surface area contributed by atoms with Crippen LogP contribution in [0.25, 0.3) is 0 Å². The van der Waals surface area contributed by atoms with E-state index in [4.69, 9.17) is 4.74 Å². The molecule has 1 aliphatic rings. The summed E-state index contributed by atoms with van der Waals surface area (Å²) >= 11 is 1.66. The minimum atomic E-state index is -0.132. The summed E-state index contributed by atoms with van der Waals surface area (Å²) in [5.74, 6) is -0.132. The number of hydrogen-bond donors (Lipinski definition) is 0. The maximum absolute atomic E-state index is 11.5. The second-order valence-corrected chi connectivity index (χ2v) is 5.27. The zero-order valence-electron chi connectivity index (χ0n) is 10.3. The maximum Gasteiger partial charge on any atom is 0.320 e. The molecule has 0 aliphatic heterocycles. The SMILES string of the molecule is CCOC(=O)CN(Cc1nc(C)cs1)C1CC1. The zero-order chi connectivity index (χ0) is 12.3. The van der Waals surface area contributed by atoms with Crippen molar-refractivity contribution in [1.29, 1.82) is 0 Å². The van der Waals surface area contributed by atoms with Gasteiger partial charge < -0.3 is 4.74 Å². The fourth-order valence-electron chi connectivity index (χ4n) is 1.78. The van der Waals surface area contributed by atoms with E-state index in [2.05, 4.69) is 9.88 Å². The Hall–Kier alpha value is -0.940. The Kier molecular flexibility index (Phi) is 4.12. The monoisotopic (exact) mass is 254 g/mol. The van der Waals surface area contributed by atoms with Gasteiger partial charge in [-0.25, -0.2) is 4.98 Å². The summed E-state index contributed by atoms with van der Waals surface area (Å²) in [4.78, 5) is 18.1. The lowest BCUT2D eigenvalue weighted by Crippen LogP contribution is -2.32. The molecule has 0 N–H and O–H groups in total. The van der Waals surface area contributed by atoms with Gasteiger partial charge in [-0.05, 0) is 26.7 Å². The van der Waals surface area contributed by atoms with Gasteiger partial charge in [0.2, 0.25) is 0 Å². The normalized spacial score (nSPS) is 15.2. The lowest BCUT2D eigenvalue weighted by Gasteiger charge is -2.19. The number of carbonyl (C=O) groups excluding carboxylic acids is 1. The Morgan fingerprint density at radius 1 is 1.65 bits per heavy atom. The molecule has 0 atom stereocenters. The predicted molar refractivity (Wildman–Crippen MR) is 66.9 cm³/mol. The molecule has 2 rings (SSSR count). The second kappa shape index (κ2) is 5.60. The highest BCUT2D eigenvalue weighted by atomic mass is 32.1. The zero-order valence-corrected chi connectivity index (χ0v) is 11.1. The van der Waals surface area contributed by atoms with Gasteiger partial charge in [0, 0.05) is 17.1 Å². The molecule has 0 unspecified atom stereocenters. The number of aromatic nitrogens is 1. The van der Waals surface area contributed by atoms with E-state index in [-0.39, 0.29) is 5.97 Å². The van der Waals surface area contributed by atoms with Gasteiger partial charge in [-0.1, -0.05) is 0 Å². The van der Waals surface area contributed by atoms with Crippen LogP contribution in [0.3, 0.4) is 0 Å². The summed E-state index contributed by atoms with van der Waals surface area (Å²) in [6.45, 7) is 5.43. The summed E-state index contributed by atoms with van der Waals surface area (Å²) in [6.07, 6.45) is 2.37. The first-order valence-corrected chi connectivity index (χ1v) is 6.87. The van der Waals surface area contributed by atoms with Gasteiger partial charge >= 0.3 is 5.97 Å². The van der Waals surface area contributed by atoms with Gasteiger partial charge in [0.1, 0.15) is 5.01 Å². The Bertz CT molecular complexity index is 388. The number of rotatable bonds is 6. The molecule has 17 heavy (non-hydrogen) atoms. The summed E-state index contributed by atoms with van der Waals surface area (Å²) in [7, 11) is 0. The molecule has 1 fully saturated rings. The van der Waals surface area contributed by atoms with Gasteiger partial charge in [-0.2, -0.15) is 0 Å². The third-order valence-corrected chi connectivity index (χ3v) is 3.66. The molecule has 0 aromatic carbocycles. The molecule has 1 heterocycles. The van der Waals surface area contributed by atoms with Crippen molar-refractivity contribution in [3.8, 4) is 0 Å². The highest BCUT2D eigenvalue weighted by molar-refractivity contribution is 7.09. The summed E-state index contributed by atoms with van der Waals surface area (Å²) < 4.78 is 5.00. The van der Waals surface area contributed by atoms with Crippen LogP contribution in [0.4, 0.5) is 0 Å². The minimum Gasteiger partial charge on any atom is -0.465 e. The highest BCUT2D eigenvalue weighted by Gasteiger charge is 2.31. The average molecular weight is 254 g/mol. The lowest BCUT2D eigenvalue weighted by molar-refractivity contribution is -0.144. The standard InChI is InChI=1S/C12H18N2O2S/c1-3-16-12(15)7-14(10-4-5-10)6-11-13-9(2)8-17-11/h8,10H,3-7H2,1-2H3. The summed E-state index contributed by atoms with van der Waals surface area (Å²) in [5, 5.41) is 3.13. The number of aryl methyl sites for hydroxylation is 1. The third kappa shape index (κ3) is 3.78. The van der Waals surface area contributed by atoms with E-state index >= 15 is 0 Å². The quantitative estimate of drug-likeness (QED) is 0.728. The molecule has 1 aromatic rings. The number of thiazole rings is 1. The fourth-order valence-corrected chi connectivity index (χ4v) is 2.57. The molecular formula is C12H18N2O2S. The van der Waals surface area contributed by atoms with Crippen LogP contribution >= 0.6 is 11.3 Å². The number of nitrogens with zero attached hydrogens (tertiary/aromatic N) is 2. The Balaban J connectivity index is 1.91. The van der Waals surface area contributed by atoms with Crippen LogP contribution in [0.2, 0.25) is 0 Å². The fraction of sp³-hybridized carbons (Fsp3) is 0.667. The minimum absolute atomic E-state index is 0.132. The first-order chi connectivity index (χ1) is 8.19. The van der Waals surface area contributed by atoms with E-state index in [1.807, 2.05) is 19.2 Å². The smallest absolute Gasteiger partial charge is 0.320 e. The van der Waals surface area contributed by atoms with Crippen molar-refractivity contribution in [2.75, 3.05) is 13.2 Å². The molecule has 0 spiro atoms. The molecule has 0 bridgehead atoms. The maximum atomic E-state index is 11.5. The predicted octanol–water partition coefficient (Wildman–Crippen LogP) is 1.98. The number of ether oxygens (including phenoxy) is 1. The van der Waals surface area contributed by atoms with Crippen molar-refractivity contribution in [1.82, 2.24) is 9.88 Å². The van der Waals surface area contributed by atoms with Crippen molar-refractivity contribution in [3.05, 3.63) is 16.1 Å². The van der Waals surface area contributed by atoms with Crippen LogP contribution in [-0.4, -0.2) is 35.0 Å². The molecule has 5 heteroatoms. The Morgan fingerprint density at radius 2 is 2.41 bits per heavy atom. The second-order valence-electron chi connectivity index (χ2n) is 4.32. The first-order valence-electron chi connectivity index (χ1n) is 5.99.